The maximum absolute atomic E-state index is 12.8. The third-order valence-electron chi connectivity index (χ3n) is 5.26. The van der Waals surface area contributed by atoms with Crippen LogP contribution in [0, 0.1) is 6.92 Å². The van der Waals surface area contributed by atoms with Crippen LogP contribution in [0.3, 0.4) is 0 Å². The highest BCUT2D eigenvalue weighted by molar-refractivity contribution is 5.95. The number of rotatable bonds is 5. The van der Waals surface area contributed by atoms with Gasteiger partial charge in [-0.2, -0.15) is 0 Å². The van der Waals surface area contributed by atoms with Crippen molar-refractivity contribution in [3.63, 3.8) is 0 Å². The average molecular weight is 378 g/mol. The molecule has 0 radical (unpaired) electrons. The zero-order valence-electron chi connectivity index (χ0n) is 16.2. The van der Waals surface area contributed by atoms with Crippen LogP contribution in [0.5, 0.6) is 0 Å². The second-order valence-corrected chi connectivity index (χ2v) is 7.77. The van der Waals surface area contributed by atoms with Crippen molar-refractivity contribution in [2.45, 2.75) is 38.3 Å². The second kappa shape index (κ2) is 8.15. The summed E-state index contributed by atoms with van der Waals surface area (Å²) in [7, 11) is 0. The Balaban J connectivity index is 1.39. The molecule has 5 heteroatoms. The van der Waals surface area contributed by atoms with Gasteiger partial charge in [-0.3, -0.25) is 9.59 Å². The Bertz CT molecular complexity index is 876. The van der Waals surface area contributed by atoms with Gasteiger partial charge in [0.15, 0.2) is 0 Å². The second-order valence-electron chi connectivity index (χ2n) is 7.77. The topological polar surface area (TPSA) is 58.6 Å². The molecule has 1 saturated heterocycles. The van der Waals surface area contributed by atoms with Gasteiger partial charge in [0.2, 0.25) is 0 Å². The summed E-state index contributed by atoms with van der Waals surface area (Å²) in [6, 6.07) is 15.7. The summed E-state index contributed by atoms with van der Waals surface area (Å²) in [6.07, 6.45) is 2.77. The summed E-state index contributed by atoms with van der Waals surface area (Å²) in [5.41, 5.74) is 3.54. The van der Waals surface area contributed by atoms with Crippen molar-refractivity contribution >= 4 is 11.8 Å². The van der Waals surface area contributed by atoms with Crippen LogP contribution < -0.4 is 5.32 Å². The predicted molar refractivity (Wildman–Crippen MR) is 107 cm³/mol. The van der Waals surface area contributed by atoms with Crippen molar-refractivity contribution in [3.8, 4) is 0 Å². The number of hydrogen-bond acceptors (Lipinski definition) is 3. The molecular formula is C23H26N2O3. The number of carbonyl (C=O) groups is 2. The van der Waals surface area contributed by atoms with Crippen LogP contribution in [-0.2, 0) is 11.2 Å². The molecule has 1 N–H and O–H groups in total. The van der Waals surface area contributed by atoms with E-state index in [-0.39, 0.29) is 17.9 Å². The first-order chi connectivity index (χ1) is 13.6. The highest BCUT2D eigenvalue weighted by Crippen LogP contribution is 2.20. The lowest BCUT2D eigenvalue weighted by molar-refractivity contribution is -0.0208. The Morgan fingerprint density at radius 1 is 1.11 bits per heavy atom. The minimum atomic E-state index is -0.0655. The van der Waals surface area contributed by atoms with Gasteiger partial charge in [0.05, 0.1) is 12.7 Å². The van der Waals surface area contributed by atoms with Crippen LogP contribution in [-0.4, -0.2) is 48.6 Å². The Kier molecular flexibility index (Phi) is 5.44. The van der Waals surface area contributed by atoms with Crippen LogP contribution in [0.15, 0.2) is 48.5 Å². The first-order valence-corrected chi connectivity index (χ1v) is 9.96. The van der Waals surface area contributed by atoms with Crippen molar-refractivity contribution in [2.24, 2.45) is 0 Å². The van der Waals surface area contributed by atoms with Crippen molar-refractivity contribution in [1.82, 2.24) is 10.2 Å². The van der Waals surface area contributed by atoms with Crippen molar-refractivity contribution < 1.29 is 14.3 Å². The molecule has 2 amide bonds. The molecule has 1 heterocycles. The molecule has 5 nitrogen and oxygen atoms in total. The van der Waals surface area contributed by atoms with Crippen LogP contribution in [0.4, 0.5) is 0 Å². The molecule has 4 rings (SSSR count). The standard InChI is InChI=1S/C23H26N2O3/c1-16-4-2-7-19(12-16)23(27)25-10-11-28-21(15-25)14-17-5-3-6-18(13-17)22(26)24-20-8-9-20/h2-7,12-13,20-21H,8-11,14-15H2,1H3,(H,24,26). The molecule has 2 aromatic rings. The zero-order chi connectivity index (χ0) is 19.5. The zero-order valence-corrected chi connectivity index (χ0v) is 16.2. The van der Waals surface area contributed by atoms with E-state index in [2.05, 4.69) is 5.32 Å². The van der Waals surface area contributed by atoms with Crippen molar-refractivity contribution in [2.75, 3.05) is 19.7 Å². The van der Waals surface area contributed by atoms with E-state index < -0.39 is 0 Å². The summed E-state index contributed by atoms with van der Waals surface area (Å²) in [5, 5.41) is 3.02. The van der Waals surface area contributed by atoms with Crippen LogP contribution >= 0.6 is 0 Å². The lowest BCUT2D eigenvalue weighted by Gasteiger charge is -2.33. The molecule has 1 saturated carbocycles. The highest BCUT2D eigenvalue weighted by atomic mass is 16.5. The summed E-state index contributed by atoms with van der Waals surface area (Å²) in [6.45, 7) is 3.69. The minimum Gasteiger partial charge on any atom is -0.374 e. The molecular weight excluding hydrogens is 352 g/mol. The lowest BCUT2D eigenvalue weighted by Crippen LogP contribution is -2.46. The Hall–Kier alpha value is -2.66. The quantitative estimate of drug-likeness (QED) is 0.870. The largest absolute Gasteiger partial charge is 0.374 e. The molecule has 2 fully saturated rings. The predicted octanol–water partition coefficient (Wildman–Crippen LogP) is 2.97. The van der Waals surface area contributed by atoms with Gasteiger partial charge < -0.3 is 15.0 Å². The fraction of sp³-hybridized carbons (Fsp3) is 0.391. The molecule has 1 aliphatic heterocycles. The van der Waals surface area contributed by atoms with E-state index in [0.717, 1.165) is 29.5 Å². The molecule has 0 spiro atoms. The highest BCUT2D eigenvalue weighted by Gasteiger charge is 2.26. The number of morpholine rings is 1. The molecule has 1 atom stereocenters. The van der Waals surface area contributed by atoms with Gasteiger partial charge in [0, 0.05) is 36.7 Å². The number of amides is 2. The van der Waals surface area contributed by atoms with Crippen LogP contribution in [0.1, 0.15) is 44.7 Å². The van der Waals surface area contributed by atoms with Gasteiger partial charge in [-0.05, 0) is 49.6 Å². The summed E-state index contributed by atoms with van der Waals surface area (Å²) >= 11 is 0. The van der Waals surface area contributed by atoms with Gasteiger partial charge >= 0.3 is 0 Å². The molecule has 28 heavy (non-hydrogen) atoms. The number of carbonyl (C=O) groups excluding carboxylic acids is 2. The maximum Gasteiger partial charge on any atom is 0.254 e. The van der Waals surface area contributed by atoms with E-state index in [0.29, 0.717) is 37.7 Å². The number of nitrogens with zero attached hydrogens (tertiary/aromatic N) is 1. The fourth-order valence-electron chi connectivity index (χ4n) is 3.59. The third kappa shape index (κ3) is 4.60. The summed E-state index contributed by atoms with van der Waals surface area (Å²) < 4.78 is 5.90. The smallest absolute Gasteiger partial charge is 0.254 e. The number of hydrogen-bond donors (Lipinski definition) is 1. The maximum atomic E-state index is 12.8. The normalized spacial score (nSPS) is 19.3. The number of nitrogens with one attached hydrogen (secondary N) is 1. The third-order valence-corrected chi connectivity index (χ3v) is 5.26. The van der Waals surface area contributed by atoms with Gasteiger partial charge in [0.1, 0.15) is 0 Å². The van der Waals surface area contributed by atoms with Crippen molar-refractivity contribution in [1.29, 1.82) is 0 Å². The Morgan fingerprint density at radius 2 is 1.89 bits per heavy atom. The van der Waals surface area contributed by atoms with E-state index in [1.807, 2.05) is 60.4 Å². The van der Waals surface area contributed by atoms with Crippen LogP contribution in [0.2, 0.25) is 0 Å². The van der Waals surface area contributed by atoms with Gasteiger partial charge in [-0.15, -0.1) is 0 Å². The number of benzene rings is 2. The van der Waals surface area contributed by atoms with E-state index in [1.165, 1.54) is 0 Å². The Morgan fingerprint density at radius 3 is 2.68 bits per heavy atom. The number of ether oxygens (including phenoxy) is 1. The van der Waals surface area contributed by atoms with E-state index in [1.54, 1.807) is 0 Å². The molecule has 146 valence electrons. The first kappa shape index (κ1) is 18.7. The number of aryl methyl sites for hydroxylation is 1. The summed E-state index contributed by atoms with van der Waals surface area (Å²) in [5.74, 6) is 0.0414. The average Bonchev–Trinajstić information content (AvgIpc) is 3.52. The minimum absolute atomic E-state index is 0.00911. The van der Waals surface area contributed by atoms with Crippen molar-refractivity contribution in [3.05, 3.63) is 70.8 Å². The van der Waals surface area contributed by atoms with Gasteiger partial charge in [-0.25, -0.2) is 0 Å². The van der Waals surface area contributed by atoms with Gasteiger partial charge in [0.25, 0.3) is 11.8 Å². The molecule has 0 aromatic heterocycles. The Labute approximate surface area is 165 Å². The molecule has 0 bridgehead atoms. The van der Waals surface area contributed by atoms with Gasteiger partial charge in [-0.1, -0.05) is 29.8 Å². The molecule has 2 aliphatic rings. The SMILES string of the molecule is Cc1cccc(C(=O)N2CCOC(Cc3cccc(C(=O)NC4CC4)c3)C2)c1. The summed E-state index contributed by atoms with van der Waals surface area (Å²) in [4.78, 5) is 27.0. The van der Waals surface area contributed by atoms with Crippen LogP contribution in [0.25, 0.3) is 0 Å². The first-order valence-electron chi connectivity index (χ1n) is 9.96. The molecule has 1 unspecified atom stereocenters. The monoisotopic (exact) mass is 378 g/mol. The molecule has 1 aliphatic carbocycles. The van der Waals surface area contributed by atoms with E-state index in [9.17, 15) is 9.59 Å². The fourth-order valence-corrected chi connectivity index (χ4v) is 3.59. The van der Waals surface area contributed by atoms with E-state index >= 15 is 0 Å². The van der Waals surface area contributed by atoms with E-state index in [4.69, 9.17) is 4.74 Å². The lowest BCUT2D eigenvalue weighted by atomic mass is 10.0. The molecule has 2 aromatic carbocycles.